The van der Waals surface area contributed by atoms with Gasteiger partial charge in [-0.25, -0.2) is 4.79 Å². The van der Waals surface area contributed by atoms with Gasteiger partial charge in [-0.15, -0.1) is 0 Å². The first-order chi connectivity index (χ1) is 14.1. The lowest BCUT2D eigenvalue weighted by atomic mass is 9.99. The fourth-order valence-corrected chi connectivity index (χ4v) is 4.84. The van der Waals surface area contributed by atoms with Gasteiger partial charge in [0.05, 0.1) is 11.4 Å². The second-order valence-electron chi connectivity index (χ2n) is 8.29. The lowest BCUT2D eigenvalue weighted by Gasteiger charge is -2.34. The first-order valence-corrected chi connectivity index (χ1v) is 10.7. The van der Waals surface area contributed by atoms with Crippen LogP contribution in [0.25, 0.3) is 11.1 Å². The predicted molar refractivity (Wildman–Crippen MR) is 109 cm³/mol. The summed E-state index contributed by atoms with van der Waals surface area (Å²) in [6, 6.07) is 7.07. The highest BCUT2D eigenvalue weighted by Crippen LogP contribution is 2.32. The van der Waals surface area contributed by atoms with E-state index >= 15 is 0 Å². The smallest absolute Gasteiger partial charge is 0.408 e. The minimum absolute atomic E-state index is 0.0525. The van der Waals surface area contributed by atoms with Crippen LogP contribution in [-0.2, 0) is 16.1 Å². The van der Waals surface area contributed by atoms with Crippen molar-refractivity contribution in [2.24, 2.45) is 5.92 Å². The number of hydrogen-bond donors (Lipinski definition) is 0. The number of para-hydroxylation sites is 2. The Balaban J connectivity index is 1.61. The highest BCUT2D eigenvalue weighted by atomic mass is 16.4. The Kier molecular flexibility index (Phi) is 5.74. The van der Waals surface area contributed by atoms with E-state index in [1.807, 2.05) is 22.9 Å². The van der Waals surface area contributed by atoms with Crippen molar-refractivity contribution >= 4 is 22.9 Å². The van der Waals surface area contributed by atoms with Gasteiger partial charge < -0.3 is 14.2 Å². The SMILES string of the molecule is CN1CCCCCCN(C(=O)Cn2c(=O)oc3ccccc32)[C@H]2CCC[C@H]2C1=O. The Labute approximate surface area is 170 Å². The number of rotatable bonds is 2. The Morgan fingerprint density at radius 3 is 2.62 bits per heavy atom. The molecular weight excluding hydrogens is 370 g/mol. The number of amides is 2. The maximum Gasteiger partial charge on any atom is 0.420 e. The largest absolute Gasteiger partial charge is 0.420 e. The van der Waals surface area contributed by atoms with Crippen molar-refractivity contribution in [3.63, 3.8) is 0 Å². The molecule has 0 unspecified atom stereocenters. The molecule has 1 saturated carbocycles. The summed E-state index contributed by atoms with van der Waals surface area (Å²) < 4.78 is 6.68. The van der Waals surface area contributed by atoms with Crippen LogP contribution in [0.3, 0.4) is 0 Å². The number of nitrogens with zero attached hydrogens (tertiary/aromatic N) is 3. The van der Waals surface area contributed by atoms with Crippen molar-refractivity contribution in [2.75, 3.05) is 20.1 Å². The van der Waals surface area contributed by atoms with Crippen LogP contribution in [0.15, 0.2) is 33.5 Å². The van der Waals surface area contributed by atoms with Gasteiger partial charge in [-0.1, -0.05) is 31.4 Å². The van der Waals surface area contributed by atoms with E-state index in [0.717, 1.165) is 51.5 Å². The summed E-state index contributed by atoms with van der Waals surface area (Å²) in [5, 5.41) is 0. The summed E-state index contributed by atoms with van der Waals surface area (Å²) in [7, 11) is 1.87. The number of hydrogen-bond acceptors (Lipinski definition) is 4. The molecule has 4 rings (SSSR count). The molecule has 7 heteroatoms. The number of carbonyl (C=O) groups is 2. The number of aromatic nitrogens is 1. The van der Waals surface area contributed by atoms with Gasteiger partial charge in [-0.3, -0.25) is 14.2 Å². The molecule has 1 aliphatic carbocycles. The third-order valence-corrected chi connectivity index (χ3v) is 6.40. The first-order valence-electron chi connectivity index (χ1n) is 10.7. The monoisotopic (exact) mass is 399 g/mol. The Bertz CT molecular complexity index is 947. The van der Waals surface area contributed by atoms with Gasteiger partial charge in [0, 0.05) is 26.2 Å². The Morgan fingerprint density at radius 2 is 1.79 bits per heavy atom. The van der Waals surface area contributed by atoms with E-state index in [-0.39, 0.29) is 30.3 Å². The standard InChI is InChI=1S/C22H29N3O4/c1-23-13-6-2-3-7-14-24(17-11-8-9-16(17)21(23)27)20(26)15-25-18-10-4-5-12-19(18)29-22(25)28/h4-5,10,12,16-17H,2-3,6-9,11,13-15H2,1H3/t16-,17+/m1/s1. The van der Waals surface area contributed by atoms with Crippen LogP contribution in [0, 0.1) is 5.92 Å². The fraction of sp³-hybridized carbons (Fsp3) is 0.591. The number of oxazole rings is 1. The molecule has 0 radical (unpaired) electrons. The Hall–Kier alpha value is -2.57. The molecule has 0 spiro atoms. The second kappa shape index (κ2) is 8.43. The zero-order valence-electron chi connectivity index (χ0n) is 17.0. The molecule has 2 amide bonds. The minimum Gasteiger partial charge on any atom is -0.408 e. The fourth-order valence-electron chi connectivity index (χ4n) is 4.84. The van der Waals surface area contributed by atoms with Gasteiger partial charge in [0.15, 0.2) is 5.58 Å². The average molecular weight is 399 g/mol. The first kappa shape index (κ1) is 19.7. The number of fused-ring (bicyclic) bond motifs is 2. The molecule has 0 bridgehead atoms. The average Bonchev–Trinajstić information content (AvgIpc) is 3.30. The molecule has 2 fully saturated rings. The summed E-state index contributed by atoms with van der Waals surface area (Å²) in [5.74, 6) is -0.612. The third kappa shape index (κ3) is 3.95. The quantitative estimate of drug-likeness (QED) is 0.778. The third-order valence-electron chi connectivity index (χ3n) is 6.40. The van der Waals surface area contributed by atoms with Crippen molar-refractivity contribution in [2.45, 2.75) is 57.5 Å². The minimum atomic E-state index is -0.517. The van der Waals surface area contributed by atoms with Crippen LogP contribution in [0.2, 0.25) is 0 Å². The maximum absolute atomic E-state index is 13.3. The Morgan fingerprint density at radius 1 is 1.03 bits per heavy atom. The molecule has 2 aromatic rings. The van der Waals surface area contributed by atoms with Crippen LogP contribution >= 0.6 is 0 Å². The zero-order chi connectivity index (χ0) is 20.4. The van der Waals surface area contributed by atoms with Gasteiger partial charge in [0.2, 0.25) is 11.8 Å². The highest BCUT2D eigenvalue weighted by Gasteiger charge is 2.40. The summed E-state index contributed by atoms with van der Waals surface area (Å²) >= 11 is 0. The molecule has 2 heterocycles. The summed E-state index contributed by atoms with van der Waals surface area (Å²) in [6.45, 7) is 1.37. The van der Waals surface area contributed by atoms with E-state index in [4.69, 9.17) is 4.42 Å². The highest BCUT2D eigenvalue weighted by molar-refractivity contribution is 5.83. The second-order valence-corrected chi connectivity index (χ2v) is 8.29. The molecule has 156 valence electrons. The van der Waals surface area contributed by atoms with E-state index < -0.39 is 5.76 Å². The molecule has 1 aromatic heterocycles. The summed E-state index contributed by atoms with van der Waals surface area (Å²) in [4.78, 5) is 42.4. The molecule has 1 aromatic carbocycles. The van der Waals surface area contributed by atoms with Crippen molar-refractivity contribution in [1.82, 2.24) is 14.4 Å². The molecule has 1 aliphatic heterocycles. The van der Waals surface area contributed by atoms with Crippen LogP contribution in [-0.4, -0.2) is 52.4 Å². The molecule has 29 heavy (non-hydrogen) atoms. The van der Waals surface area contributed by atoms with Crippen molar-refractivity contribution in [3.8, 4) is 0 Å². The summed E-state index contributed by atoms with van der Waals surface area (Å²) in [5.41, 5.74) is 1.11. The lowest BCUT2D eigenvalue weighted by molar-refractivity contribution is -0.140. The number of carbonyl (C=O) groups excluding carboxylic acids is 2. The van der Waals surface area contributed by atoms with E-state index in [0.29, 0.717) is 17.6 Å². The van der Waals surface area contributed by atoms with Gasteiger partial charge in [0.25, 0.3) is 0 Å². The zero-order valence-corrected chi connectivity index (χ0v) is 17.0. The topological polar surface area (TPSA) is 75.8 Å². The van der Waals surface area contributed by atoms with Crippen molar-refractivity contribution < 1.29 is 14.0 Å². The van der Waals surface area contributed by atoms with Crippen LogP contribution in [0.1, 0.15) is 44.9 Å². The van der Waals surface area contributed by atoms with Gasteiger partial charge in [-0.2, -0.15) is 0 Å². The van der Waals surface area contributed by atoms with E-state index in [9.17, 15) is 14.4 Å². The van der Waals surface area contributed by atoms with Crippen LogP contribution in [0.4, 0.5) is 0 Å². The molecule has 0 N–H and O–H groups in total. The van der Waals surface area contributed by atoms with Crippen LogP contribution < -0.4 is 5.76 Å². The van der Waals surface area contributed by atoms with E-state index in [1.165, 1.54) is 4.57 Å². The molecule has 2 atom stereocenters. The predicted octanol–water partition coefficient (Wildman–Crippen LogP) is 2.62. The molecule has 2 aliphatic rings. The van der Waals surface area contributed by atoms with Gasteiger partial charge in [-0.05, 0) is 37.8 Å². The molecular formula is C22H29N3O4. The van der Waals surface area contributed by atoms with Crippen molar-refractivity contribution in [3.05, 3.63) is 34.8 Å². The van der Waals surface area contributed by atoms with Gasteiger partial charge in [0.1, 0.15) is 6.54 Å². The maximum atomic E-state index is 13.3. The van der Waals surface area contributed by atoms with E-state index in [2.05, 4.69) is 0 Å². The van der Waals surface area contributed by atoms with E-state index in [1.54, 1.807) is 18.2 Å². The van der Waals surface area contributed by atoms with Gasteiger partial charge >= 0.3 is 5.76 Å². The normalized spacial score (nSPS) is 23.8. The lowest BCUT2D eigenvalue weighted by Crippen LogP contribution is -2.49. The molecule has 7 nitrogen and oxygen atoms in total. The summed E-state index contributed by atoms with van der Waals surface area (Å²) in [6.07, 6.45) is 6.65. The molecule has 1 saturated heterocycles. The number of benzene rings is 1. The van der Waals surface area contributed by atoms with Crippen molar-refractivity contribution in [1.29, 1.82) is 0 Å². The van der Waals surface area contributed by atoms with Crippen LogP contribution in [0.5, 0.6) is 0 Å².